The lowest BCUT2D eigenvalue weighted by atomic mass is 10.2. The molecule has 0 heterocycles. The Hall–Kier alpha value is -3.09. The minimum Gasteiger partial charge on any atom is -0.506 e. The Balaban J connectivity index is 2.02. The fraction of sp³-hybridized carbons (Fsp3) is 0.381. The summed E-state index contributed by atoms with van der Waals surface area (Å²) >= 11 is 0. The first-order valence-electron chi connectivity index (χ1n) is 9.34. The molecule has 2 rings (SSSR count). The third kappa shape index (κ3) is 6.57. The molecule has 0 saturated heterocycles. The van der Waals surface area contributed by atoms with E-state index in [4.69, 9.17) is 14.2 Å². The average Bonchev–Trinajstić information content (AvgIpc) is 2.69. The second kappa shape index (κ2) is 10.9. The van der Waals surface area contributed by atoms with Crippen molar-refractivity contribution in [1.82, 2.24) is 0 Å². The number of hydrogen-bond acceptors (Lipinski definition) is 7. The molecule has 28 heavy (non-hydrogen) atoms. The van der Waals surface area contributed by atoms with E-state index in [9.17, 15) is 9.90 Å². The standard InChI is InChI=1S/C21H26N2O5/c1-4-6-13-27-21(25)15(3)28-18-11-12-20(24)19(14-18)23-22-16-7-9-17(10-8-16)26-5-2/h7-12,14-15,24H,4-6,13H2,1-3H3/b23-22+. The Kier molecular flexibility index (Phi) is 8.27. The molecule has 1 atom stereocenters. The third-order valence-corrected chi connectivity index (χ3v) is 3.75. The van der Waals surface area contributed by atoms with Crippen LogP contribution in [-0.4, -0.2) is 30.4 Å². The molecule has 1 N–H and O–H groups in total. The van der Waals surface area contributed by atoms with Crippen LogP contribution in [-0.2, 0) is 9.53 Å². The van der Waals surface area contributed by atoms with Crippen LogP contribution in [0.1, 0.15) is 33.6 Å². The number of azo groups is 1. The van der Waals surface area contributed by atoms with Crippen LogP contribution in [0.4, 0.5) is 11.4 Å². The number of phenols is 1. The molecule has 0 aliphatic heterocycles. The van der Waals surface area contributed by atoms with E-state index in [1.54, 1.807) is 37.3 Å². The SMILES string of the molecule is CCCCOC(=O)C(C)Oc1ccc(O)c(/N=N/c2ccc(OCC)cc2)c1. The van der Waals surface area contributed by atoms with Crippen LogP contribution in [0.5, 0.6) is 17.2 Å². The number of unbranched alkanes of at least 4 members (excludes halogenated alkanes) is 1. The van der Waals surface area contributed by atoms with Crippen molar-refractivity contribution in [3.63, 3.8) is 0 Å². The van der Waals surface area contributed by atoms with E-state index >= 15 is 0 Å². The average molecular weight is 386 g/mol. The fourth-order valence-corrected chi connectivity index (χ4v) is 2.23. The second-order valence-corrected chi connectivity index (χ2v) is 6.06. The first-order chi connectivity index (χ1) is 13.5. The Morgan fingerprint density at radius 2 is 1.79 bits per heavy atom. The number of phenolic OH excluding ortho intramolecular Hbond substituents is 1. The summed E-state index contributed by atoms with van der Waals surface area (Å²) < 4.78 is 16.1. The highest BCUT2D eigenvalue weighted by Crippen LogP contribution is 2.32. The monoisotopic (exact) mass is 386 g/mol. The van der Waals surface area contributed by atoms with Gasteiger partial charge >= 0.3 is 5.97 Å². The quantitative estimate of drug-likeness (QED) is 0.339. The Bertz CT molecular complexity index is 790. The number of hydrogen-bond donors (Lipinski definition) is 1. The molecule has 0 fully saturated rings. The van der Waals surface area contributed by atoms with Gasteiger partial charge in [0.1, 0.15) is 22.9 Å². The van der Waals surface area contributed by atoms with Crippen molar-refractivity contribution in [2.24, 2.45) is 10.2 Å². The lowest BCUT2D eigenvalue weighted by molar-refractivity contribution is -0.151. The van der Waals surface area contributed by atoms with E-state index in [1.165, 1.54) is 12.1 Å². The zero-order chi connectivity index (χ0) is 20.4. The molecule has 0 spiro atoms. The number of carbonyl (C=O) groups excluding carboxylic acids is 1. The van der Waals surface area contributed by atoms with E-state index in [1.807, 2.05) is 13.8 Å². The van der Waals surface area contributed by atoms with Crippen molar-refractivity contribution >= 4 is 17.3 Å². The molecule has 0 aromatic heterocycles. The predicted octanol–water partition coefficient (Wildman–Crippen LogP) is 5.32. The van der Waals surface area contributed by atoms with Gasteiger partial charge in [-0.05, 0) is 56.7 Å². The maximum Gasteiger partial charge on any atom is 0.347 e. The van der Waals surface area contributed by atoms with Crippen molar-refractivity contribution in [3.8, 4) is 17.2 Å². The van der Waals surface area contributed by atoms with Gasteiger partial charge in [-0.1, -0.05) is 13.3 Å². The van der Waals surface area contributed by atoms with Crippen molar-refractivity contribution in [3.05, 3.63) is 42.5 Å². The molecule has 2 aromatic carbocycles. The Labute approximate surface area is 165 Å². The minimum atomic E-state index is -0.766. The molecule has 150 valence electrons. The maximum absolute atomic E-state index is 11.9. The summed E-state index contributed by atoms with van der Waals surface area (Å²) in [7, 11) is 0. The van der Waals surface area contributed by atoms with Gasteiger partial charge in [0.2, 0.25) is 0 Å². The van der Waals surface area contributed by atoms with Gasteiger partial charge in [0, 0.05) is 6.07 Å². The summed E-state index contributed by atoms with van der Waals surface area (Å²) in [5.74, 6) is 0.664. The zero-order valence-electron chi connectivity index (χ0n) is 16.4. The number of ether oxygens (including phenoxy) is 3. The van der Waals surface area contributed by atoms with Gasteiger partial charge in [-0.3, -0.25) is 0 Å². The van der Waals surface area contributed by atoms with E-state index < -0.39 is 12.1 Å². The van der Waals surface area contributed by atoms with Crippen molar-refractivity contribution < 1.29 is 24.1 Å². The molecule has 7 heteroatoms. The summed E-state index contributed by atoms with van der Waals surface area (Å²) in [6, 6.07) is 11.6. The third-order valence-electron chi connectivity index (χ3n) is 3.75. The summed E-state index contributed by atoms with van der Waals surface area (Å²) in [5.41, 5.74) is 0.847. The molecule has 0 aliphatic carbocycles. The molecule has 2 aromatic rings. The first-order valence-corrected chi connectivity index (χ1v) is 9.34. The molecule has 7 nitrogen and oxygen atoms in total. The molecule has 1 unspecified atom stereocenters. The van der Waals surface area contributed by atoms with Crippen LogP contribution in [0.25, 0.3) is 0 Å². The van der Waals surface area contributed by atoms with E-state index in [0.717, 1.165) is 18.6 Å². The highest BCUT2D eigenvalue weighted by atomic mass is 16.6. The van der Waals surface area contributed by atoms with Gasteiger partial charge in [0.15, 0.2) is 6.10 Å². The van der Waals surface area contributed by atoms with Crippen molar-refractivity contribution in [2.75, 3.05) is 13.2 Å². The summed E-state index contributed by atoms with van der Waals surface area (Å²) in [5, 5.41) is 18.2. The van der Waals surface area contributed by atoms with E-state index in [2.05, 4.69) is 10.2 Å². The van der Waals surface area contributed by atoms with Crippen molar-refractivity contribution in [2.45, 2.75) is 39.7 Å². The molecule has 0 amide bonds. The van der Waals surface area contributed by atoms with Gasteiger partial charge in [0.05, 0.1) is 18.9 Å². The summed E-state index contributed by atoms with van der Waals surface area (Å²) in [6.45, 7) is 6.51. The fourth-order valence-electron chi connectivity index (χ4n) is 2.23. The Morgan fingerprint density at radius 1 is 1.07 bits per heavy atom. The van der Waals surface area contributed by atoms with Crippen LogP contribution in [0.15, 0.2) is 52.7 Å². The van der Waals surface area contributed by atoms with E-state index in [0.29, 0.717) is 24.7 Å². The van der Waals surface area contributed by atoms with Gasteiger partial charge in [-0.2, -0.15) is 5.11 Å². The molecule has 0 aliphatic rings. The normalized spacial score (nSPS) is 12.0. The maximum atomic E-state index is 11.9. The number of aromatic hydroxyl groups is 1. The highest BCUT2D eigenvalue weighted by molar-refractivity contribution is 5.74. The highest BCUT2D eigenvalue weighted by Gasteiger charge is 2.16. The molecular formula is C21H26N2O5. The van der Waals surface area contributed by atoms with Crippen LogP contribution >= 0.6 is 0 Å². The number of nitrogens with zero attached hydrogens (tertiary/aromatic N) is 2. The van der Waals surface area contributed by atoms with Gasteiger partial charge in [0.25, 0.3) is 0 Å². The predicted molar refractivity (Wildman–Crippen MR) is 106 cm³/mol. The molecule has 0 bridgehead atoms. The number of esters is 1. The van der Waals surface area contributed by atoms with E-state index in [-0.39, 0.29) is 11.4 Å². The van der Waals surface area contributed by atoms with Crippen LogP contribution in [0.2, 0.25) is 0 Å². The van der Waals surface area contributed by atoms with Gasteiger partial charge in [-0.25, -0.2) is 4.79 Å². The minimum absolute atomic E-state index is 0.0415. The van der Waals surface area contributed by atoms with Gasteiger partial charge < -0.3 is 19.3 Å². The number of carbonyl (C=O) groups is 1. The zero-order valence-corrected chi connectivity index (χ0v) is 16.4. The number of rotatable bonds is 10. The summed E-state index contributed by atoms with van der Waals surface area (Å²) in [4.78, 5) is 11.9. The first kappa shape index (κ1) is 21.2. The number of benzene rings is 2. The van der Waals surface area contributed by atoms with Crippen LogP contribution < -0.4 is 9.47 Å². The second-order valence-electron chi connectivity index (χ2n) is 6.06. The van der Waals surface area contributed by atoms with Crippen LogP contribution in [0, 0.1) is 0 Å². The Morgan fingerprint density at radius 3 is 2.46 bits per heavy atom. The van der Waals surface area contributed by atoms with Crippen LogP contribution in [0.3, 0.4) is 0 Å². The smallest absolute Gasteiger partial charge is 0.347 e. The molecule has 0 radical (unpaired) electrons. The molecular weight excluding hydrogens is 360 g/mol. The summed E-state index contributed by atoms with van der Waals surface area (Å²) in [6.07, 6.45) is 0.994. The molecule has 0 saturated carbocycles. The lowest BCUT2D eigenvalue weighted by Gasteiger charge is -2.14. The topological polar surface area (TPSA) is 89.7 Å². The largest absolute Gasteiger partial charge is 0.506 e. The van der Waals surface area contributed by atoms with Gasteiger partial charge in [-0.15, -0.1) is 5.11 Å². The van der Waals surface area contributed by atoms with Crippen molar-refractivity contribution in [1.29, 1.82) is 0 Å². The lowest BCUT2D eigenvalue weighted by Crippen LogP contribution is -2.26.